The smallest absolute Gasteiger partial charge is 0.131 e. The van der Waals surface area contributed by atoms with E-state index in [9.17, 15) is 0 Å². The van der Waals surface area contributed by atoms with E-state index in [1.165, 1.54) is 0 Å². The van der Waals surface area contributed by atoms with Crippen molar-refractivity contribution in [3.05, 3.63) is 0 Å². The highest BCUT2D eigenvalue weighted by atomic mass is 17.5. The molecule has 13 heavy (non-hydrogen) atoms. The van der Waals surface area contributed by atoms with Crippen molar-refractivity contribution in [3.63, 3.8) is 0 Å². The van der Waals surface area contributed by atoms with E-state index < -0.39 is 0 Å². The molecule has 1 fully saturated rings. The van der Waals surface area contributed by atoms with Gasteiger partial charge in [0.05, 0.1) is 0 Å². The van der Waals surface area contributed by atoms with Crippen LogP contribution in [-0.2, 0) is 14.8 Å². The van der Waals surface area contributed by atoms with Gasteiger partial charge in [-0.1, -0.05) is 46.6 Å². The Kier molecular flexibility index (Phi) is 2.72. The molecule has 0 aromatic heterocycles. The molecule has 0 N–H and O–H groups in total. The quantitative estimate of drug-likeness (QED) is 0.547. The van der Waals surface area contributed by atoms with Gasteiger partial charge in [0, 0.05) is 0 Å². The fourth-order valence-corrected chi connectivity index (χ4v) is 1.41. The van der Waals surface area contributed by atoms with Crippen LogP contribution in [0, 0.1) is 10.8 Å². The van der Waals surface area contributed by atoms with E-state index in [2.05, 4.69) is 46.6 Å². The molecule has 3 heteroatoms. The van der Waals surface area contributed by atoms with Crippen LogP contribution in [0.25, 0.3) is 0 Å². The van der Waals surface area contributed by atoms with Gasteiger partial charge in [-0.15, -0.1) is 0 Å². The Labute approximate surface area is 80.2 Å². The van der Waals surface area contributed by atoms with Crippen LogP contribution in [0.4, 0.5) is 0 Å². The fourth-order valence-electron chi connectivity index (χ4n) is 1.41. The minimum Gasteiger partial charge on any atom is -0.199 e. The third kappa shape index (κ3) is 2.42. The average molecular weight is 188 g/mol. The molecule has 1 rings (SSSR count). The van der Waals surface area contributed by atoms with E-state index in [-0.39, 0.29) is 23.0 Å². The Balaban J connectivity index is 2.76. The Morgan fingerprint density at radius 2 is 1.00 bits per heavy atom. The lowest BCUT2D eigenvalue weighted by atomic mass is 9.76. The van der Waals surface area contributed by atoms with Crippen LogP contribution >= 0.6 is 0 Å². The van der Waals surface area contributed by atoms with Gasteiger partial charge in [-0.2, -0.15) is 9.78 Å². The zero-order valence-electron chi connectivity index (χ0n) is 9.38. The highest BCUT2D eigenvalue weighted by molar-refractivity contribution is 4.89. The van der Waals surface area contributed by atoms with E-state index in [0.717, 1.165) is 0 Å². The average Bonchev–Trinajstić information content (AvgIpc) is 2.27. The summed E-state index contributed by atoms with van der Waals surface area (Å²) in [6.45, 7) is 12.7. The van der Waals surface area contributed by atoms with Crippen LogP contribution in [0.5, 0.6) is 0 Å². The lowest BCUT2D eigenvalue weighted by molar-refractivity contribution is -0.471. The second-order valence-electron chi connectivity index (χ2n) is 5.83. The van der Waals surface area contributed by atoms with E-state index in [4.69, 9.17) is 9.78 Å². The summed E-state index contributed by atoms with van der Waals surface area (Å²) in [7, 11) is 0. The van der Waals surface area contributed by atoms with Crippen LogP contribution in [0.15, 0.2) is 0 Å². The molecule has 0 bridgehead atoms. The third-order valence-corrected chi connectivity index (χ3v) is 2.27. The van der Waals surface area contributed by atoms with E-state index in [1.54, 1.807) is 0 Å². The van der Waals surface area contributed by atoms with E-state index in [0.29, 0.717) is 0 Å². The van der Waals surface area contributed by atoms with Crippen molar-refractivity contribution in [3.8, 4) is 0 Å². The van der Waals surface area contributed by atoms with Gasteiger partial charge in [0.15, 0.2) is 0 Å². The third-order valence-electron chi connectivity index (χ3n) is 2.27. The molecule has 1 heterocycles. The van der Waals surface area contributed by atoms with Crippen LogP contribution in [-0.4, -0.2) is 12.2 Å². The summed E-state index contributed by atoms with van der Waals surface area (Å²) >= 11 is 0. The molecule has 0 aliphatic carbocycles. The normalized spacial score (nSPS) is 30.9. The maximum Gasteiger partial charge on any atom is 0.131 e. The van der Waals surface area contributed by atoms with Gasteiger partial charge >= 0.3 is 0 Å². The Hall–Kier alpha value is -0.120. The predicted octanol–water partition coefficient (Wildman–Crippen LogP) is 2.71. The van der Waals surface area contributed by atoms with Crippen molar-refractivity contribution in [2.45, 2.75) is 53.8 Å². The molecule has 1 aliphatic heterocycles. The minimum absolute atomic E-state index is 0.00694. The second-order valence-corrected chi connectivity index (χ2v) is 5.83. The zero-order chi connectivity index (χ0) is 10.3. The van der Waals surface area contributed by atoms with Gasteiger partial charge in [0.25, 0.3) is 0 Å². The highest BCUT2D eigenvalue weighted by Gasteiger charge is 2.46. The van der Waals surface area contributed by atoms with Gasteiger partial charge in [0.1, 0.15) is 12.2 Å². The van der Waals surface area contributed by atoms with Crippen LogP contribution < -0.4 is 0 Å². The van der Waals surface area contributed by atoms with Crippen molar-refractivity contribution in [1.29, 1.82) is 0 Å². The number of rotatable bonds is 0. The SMILES string of the molecule is CC(C)(C)[C@@H]1OOO[C@@H]1C(C)(C)C. The first-order valence-electron chi connectivity index (χ1n) is 4.72. The summed E-state index contributed by atoms with van der Waals surface area (Å²) in [5.74, 6) is 0. The molecule has 1 saturated heterocycles. The van der Waals surface area contributed by atoms with Gasteiger partial charge in [0.2, 0.25) is 0 Å². The molecule has 0 aromatic rings. The lowest BCUT2D eigenvalue weighted by Crippen LogP contribution is -2.42. The molecule has 2 atom stereocenters. The molecule has 0 radical (unpaired) electrons. The largest absolute Gasteiger partial charge is 0.199 e. The van der Waals surface area contributed by atoms with Crippen molar-refractivity contribution in [1.82, 2.24) is 0 Å². The van der Waals surface area contributed by atoms with Gasteiger partial charge in [-0.25, -0.2) is 0 Å². The molecule has 0 spiro atoms. The van der Waals surface area contributed by atoms with Gasteiger partial charge in [-0.3, -0.25) is 0 Å². The predicted molar refractivity (Wildman–Crippen MR) is 49.7 cm³/mol. The van der Waals surface area contributed by atoms with Crippen molar-refractivity contribution < 1.29 is 14.8 Å². The summed E-state index contributed by atoms with van der Waals surface area (Å²) in [4.78, 5) is 10.3. The molecular formula is C10H20O3. The van der Waals surface area contributed by atoms with Crippen LogP contribution in [0.2, 0.25) is 0 Å². The van der Waals surface area contributed by atoms with Crippen LogP contribution in [0.1, 0.15) is 41.5 Å². The monoisotopic (exact) mass is 188 g/mol. The first-order chi connectivity index (χ1) is 5.73. The standard InChI is InChI=1S/C10H20O3/c1-9(2,3)7-8(10(4,5)6)12-13-11-7/h7-8H,1-6H3/t7-,8+. The maximum absolute atomic E-state index is 5.13. The Morgan fingerprint density at radius 3 is 1.23 bits per heavy atom. The first-order valence-corrected chi connectivity index (χ1v) is 4.72. The summed E-state index contributed by atoms with van der Waals surface area (Å²) in [6, 6.07) is 0. The molecule has 0 saturated carbocycles. The lowest BCUT2D eigenvalue weighted by Gasteiger charge is -2.33. The summed E-state index contributed by atoms with van der Waals surface area (Å²) in [6.07, 6.45) is -0.0139. The second kappa shape index (κ2) is 3.23. The highest BCUT2D eigenvalue weighted by Crippen LogP contribution is 2.38. The topological polar surface area (TPSA) is 27.7 Å². The minimum atomic E-state index is -0.00694. The molecule has 0 aromatic carbocycles. The molecule has 78 valence electrons. The number of hydrogen-bond donors (Lipinski definition) is 0. The first kappa shape index (κ1) is 11.0. The number of hydrogen-bond acceptors (Lipinski definition) is 3. The van der Waals surface area contributed by atoms with E-state index >= 15 is 0 Å². The fraction of sp³-hybridized carbons (Fsp3) is 1.00. The van der Waals surface area contributed by atoms with Crippen LogP contribution in [0.3, 0.4) is 0 Å². The van der Waals surface area contributed by atoms with E-state index in [1.807, 2.05) is 0 Å². The van der Waals surface area contributed by atoms with Crippen molar-refractivity contribution in [2.24, 2.45) is 10.8 Å². The Bertz CT molecular complexity index is 156. The summed E-state index contributed by atoms with van der Waals surface area (Å²) < 4.78 is 0. The van der Waals surface area contributed by atoms with Gasteiger partial charge in [-0.05, 0) is 10.8 Å². The van der Waals surface area contributed by atoms with Crippen molar-refractivity contribution in [2.75, 3.05) is 0 Å². The Morgan fingerprint density at radius 1 is 0.692 bits per heavy atom. The van der Waals surface area contributed by atoms with Crippen molar-refractivity contribution >= 4 is 0 Å². The summed E-state index contributed by atoms with van der Waals surface area (Å²) in [5, 5.41) is 4.62. The summed E-state index contributed by atoms with van der Waals surface area (Å²) in [5.41, 5.74) is 0.0723. The molecule has 0 unspecified atom stereocenters. The maximum atomic E-state index is 5.13. The van der Waals surface area contributed by atoms with Gasteiger partial charge < -0.3 is 0 Å². The molecular weight excluding hydrogens is 168 g/mol. The molecule has 1 aliphatic rings. The zero-order valence-corrected chi connectivity index (χ0v) is 9.38. The molecule has 0 amide bonds. The molecule has 3 nitrogen and oxygen atoms in total.